The minimum atomic E-state index is -0.238. The van der Waals surface area contributed by atoms with Crippen LogP contribution >= 0.6 is 23.5 Å². The van der Waals surface area contributed by atoms with Crippen LogP contribution in [-0.2, 0) is 5.75 Å². The molecule has 0 saturated carbocycles. The molecule has 0 bridgehead atoms. The maximum absolute atomic E-state index is 13.2. The first-order valence-electron chi connectivity index (χ1n) is 4.03. The van der Waals surface area contributed by atoms with Crippen LogP contribution in [0.2, 0.25) is 5.02 Å². The smallest absolute Gasteiger partial charge is 0.128 e. The first kappa shape index (κ1) is 10.8. The molecule has 0 aliphatic rings. The van der Waals surface area contributed by atoms with Gasteiger partial charge in [0, 0.05) is 22.9 Å². The lowest BCUT2D eigenvalue weighted by atomic mass is 10.2. The highest BCUT2D eigenvalue weighted by Crippen LogP contribution is 2.22. The highest BCUT2D eigenvalue weighted by Gasteiger charge is 2.05. The molecule has 0 spiro atoms. The van der Waals surface area contributed by atoms with Crippen LogP contribution in [0.4, 0.5) is 4.39 Å². The number of nitrogens with one attached hydrogen (secondary N) is 1. The predicted octanol–water partition coefficient (Wildman–Crippen LogP) is 3.24. The van der Waals surface area contributed by atoms with E-state index in [1.165, 1.54) is 18.0 Å². The molecule has 0 saturated heterocycles. The van der Waals surface area contributed by atoms with Crippen LogP contribution in [0.5, 0.6) is 0 Å². The van der Waals surface area contributed by atoms with Gasteiger partial charge in [-0.05, 0) is 12.1 Å². The van der Waals surface area contributed by atoms with Gasteiger partial charge in [0.2, 0.25) is 0 Å². The van der Waals surface area contributed by atoms with Gasteiger partial charge in [-0.2, -0.15) is 0 Å². The third kappa shape index (κ3) is 3.18. The minimum absolute atomic E-state index is 0.238. The van der Waals surface area contributed by atoms with Crippen molar-refractivity contribution in [3.8, 4) is 0 Å². The van der Waals surface area contributed by atoms with Crippen LogP contribution in [0.15, 0.2) is 18.2 Å². The van der Waals surface area contributed by atoms with Gasteiger partial charge in [0.05, 0.1) is 0 Å². The molecule has 1 aromatic carbocycles. The molecule has 0 unspecified atom stereocenters. The fourth-order valence-corrected chi connectivity index (χ4v) is 1.95. The SMILES string of the molecule is CCNSCc1c(F)cccc1Cl. The standard InChI is InChI=1S/C9H11ClFNS/c1-2-12-13-6-7-8(10)4-3-5-9(7)11/h3-5,12H,2,6H2,1H3. The molecule has 72 valence electrons. The van der Waals surface area contributed by atoms with Crippen LogP contribution in [0.1, 0.15) is 12.5 Å². The second-order valence-electron chi connectivity index (χ2n) is 2.49. The van der Waals surface area contributed by atoms with Gasteiger partial charge < -0.3 is 0 Å². The van der Waals surface area contributed by atoms with Crippen molar-refractivity contribution >= 4 is 23.5 Å². The van der Waals surface area contributed by atoms with Gasteiger partial charge >= 0.3 is 0 Å². The predicted molar refractivity (Wildman–Crippen MR) is 56.4 cm³/mol. The summed E-state index contributed by atoms with van der Waals surface area (Å²) in [4.78, 5) is 0. The van der Waals surface area contributed by atoms with Gasteiger partial charge in [-0.15, -0.1) is 0 Å². The lowest BCUT2D eigenvalue weighted by Gasteiger charge is -2.04. The molecule has 4 heteroatoms. The van der Waals surface area contributed by atoms with Crippen molar-refractivity contribution in [2.75, 3.05) is 6.54 Å². The molecule has 13 heavy (non-hydrogen) atoms. The van der Waals surface area contributed by atoms with E-state index in [0.29, 0.717) is 16.3 Å². The summed E-state index contributed by atoms with van der Waals surface area (Å²) < 4.78 is 16.2. The Kier molecular flexibility index (Phi) is 4.56. The van der Waals surface area contributed by atoms with E-state index in [-0.39, 0.29) is 5.82 Å². The van der Waals surface area contributed by atoms with Crippen molar-refractivity contribution in [3.05, 3.63) is 34.6 Å². The van der Waals surface area contributed by atoms with Gasteiger partial charge in [-0.25, -0.2) is 4.39 Å². The van der Waals surface area contributed by atoms with Gasteiger partial charge in [0.25, 0.3) is 0 Å². The molecule has 0 aliphatic heterocycles. The first-order chi connectivity index (χ1) is 6.25. The average Bonchev–Trinajstić information content (AvgIpc) is 2.10. The van der Waals surface area contributed by atoms with Crippen LogP contribution in [0, 0.1) is 5.82 Å². The van der Waals surface area contributed by atoms with Crippen LogP contribution in [-0.4, -0.2) is 6.54 Å². The molecule has 1 N–H and O–H groups in total. The summed E-state index contributed by atoms with van der Waals surface area (Å²) in [7, 11) is 0. The molecular weight excluding hydrogens is 209 g/mol. The lowest BCUT2D eigenvalue weighted by Crippen LogP contribution is -2.02. The topological polar surface area (TPSA) is 12.0 Å². The molecule has 0 aromatic heterocycles. The Morgan fingerprint density at radius 2 is 2.31 bits per heavy atom. The number of hydrogen-bond acceptors (Lipinski definition) is 2. The van der Waals surface area contributed by atoms with Gasteiger partial charge in [-0.1, -0.05) is 36.5 Å². The van der Waals surface area contributed by atoms with E-state index in [4.69, 9.17) is 11.6 Å². The number of halogens is 2. The molecule has 0 fully saturated rings. The fourth-order valence-electron chi connectivity index (χ4n) is 0.895. The quantitative estimate of drug-likeness (QED) is 0.617. The third-order valence-electron chi connectivity index (χ3n) is 1.52. The molecule has 0 atom stereocenters. The Hall–Kier alpha value is -0.250. The highest BCUT2D eigenvalue weighted by atomic mass is 35.5. The van der Waals surface area contributed by atoms with E-state index >= 15 is 0 Å². The Bertz CT molecular complexity index is 260. The Morgan fingerprint density at radius 3 is 2.92 bits per heavy atom. The summed E-state index contributed by atoms with van der Waals surface area (Å²) >= 11 is 7.29. The van der Waals surface area contributed by atoms with Gasteiger partial charge in [0.1, 0.15) is 5.82 Å². The van der Waals surface area contributed by atoms with Gasteiger partial charge in [-0.3, -0.25) is 4.72 Å². The minimum Gasteiger partial charge on any atom is -0.264 e. The van der Waals surface area contributed by atoms with E-state index in [0.717, 1.165) is 6.54 Å². The third-order valence-corrected chi connectivity index (χ3v) is 2.80. The molecular formula is C9H11ClFNS. The summed E-state index contributed by atoms with van der Waals surface area (Å²) in [6.07, 6.45) is 0. The highest BCUT2D eigenvalue weighted by molar-refractivity contribution is 7.96. The molecule has 0 aliphatic carbocycles. The second kappa shape index (κ2) is 5.47. The maximum atomic E-state index is 13.2. The number of hydrogen-bond donors (Lipinski definition) is 1. The molecule has 1 rings (SSSR count). The van der Waals surface area contributed by atoms with E-state index in [2.05, 4.69) is 4.72 Å². The second-order valence-corrected chi connectivity index (χ2v) is 3.76. The van der Waals surface area contributed by atoms with Crippen LogP contribution in [0.25, 0.3) is 0 Å². The lowest BCUT2D eigenvalue weighted by molar-refractivity contribution is 0.617. The zero-order valence-corrected chi connectivity index (χ0v) is 8.88. The summed E-state index contributed by atoms with van der Waals surface area (Å²) in [5, 5.41) is 0.491. The normalized spacial score (nSPS) is 10.4. The van der Waals surface area contributed by atoms with Crippen LogP contribution < -0.4 is 4.72 Å². The summed E-state index contributed by atoms with van der Waals surface area (Å²) in [6.45, 7) is 2.85. The van der Waals surface area contributed by atoms with Crippen molar-refractivity contribution in [3.63, 3.8) is 0 Å². The van der Waals surface area contributed by atoms with E-state index in [1.807, 2.05) is 6.92 Å². The van der Waals surface area contributed by atoms with E-state index in [1.54, 1.807) is 12.1 Å². The van der Waals surface area contributed by atoms with Crippen molar-refractivity contribution < 1.29 is 4.39 Å². The molecule has 0 radical (unpaired) electrons. The Balaban J connectivity index is 2.64. The van der Waals surface area contributed by atoms with Gasteiger partial charge in [0.15, 0.2) is 0 Å². The molecule has 0 amide bonds. The Labute approximate surface area is 86.8 Å². The van der Waals surface area contributed by atoms with Crippen LogP contribution in [0.3, 0.4) is 0 Å². The van der Waals surface area contributed by atoms with E-state index < -0.39 is 0 Å². The summed E-state index contributed by atoms with van der Waals surface area (Å²) in [5.74, 6) is 0.317. The average molecular weight is 220 g/mol. The summed E-state index contributed by atoms with van der Waals surface area (Å²) in [5.41, 5.74) is 0.565. The molecule has 1 aromatic rings. The number of rotatable bonds is 4. The fraction of sp³-hybridized carbons (Fsp3) is 0.333. The zero-order valence-electron chi connectivity index (χ0n) is 7.31. The monoisotopic (exact) mass is 219 g/mol. The zero-order chi connectivity index (χ0) is 9.68. The van der Waals surface area contributed by atoms with Crippen molar-refractivity contribution in [2.24, 2.45) is 0 Å². The van der Waals surface area contributed by atoms with Crippen molar-refractivity contribution in [1.29, 1.82) is 0 Å². The first-order valence-corrected chi connectivity index (χ1v) is 5.39. The Morgan fingerprint density at radius 1 is 1.54 bits per heavy atom. The van der Waals surface area contributed by atoms with E-state index in [9.17, 15) is 4.39 Å². The molecule has 0 heterocycles. The maximum Gasteiger partial charge on any atom is 0.128 e. The van der Waals surface area contributed by atoms with Crippen molar-refractivity contribution in [2.45, 2.75) is 12.7 Å². The largest absolute Gasteiger partial charge is 0.264 e. The van der Waals surface area contributed by atoms with Crippen molar-refractivity contribution in [1.82, 2.24) is 4.72 Å². The molecule has 1 nitrogen and oxygen atoms in total. The summed E-state index contributed by atoms with van der Waals surface area (Å²) in [6, 6.07) is 4.74. The number of benzene rings is 1.